The van der Waals surface area contributed by atoms with Crippen LogP contribution in [0.5, 0.6) is 0 Å². The van der Waals surface area contributed by atoms with Crippen LogP contribution >= 0.6 is 0 Å². The number of aromatic carboxylic acids is 1. The number of carboxylic acid groups (broad SMARTS) is 1. The summed E-state index contributed by atoms with van der Waals surface area (Å²) in [5.41, 5.74) is 2.94. The van der Waals surface area contributed by atoms with Gasteiger partial charge in [0, 0.05) is 6.42 Å². The highest BCUT2D eigenvalue weighted by Crippen LogP contribution is 2.19. The van der Waals surface area contributed by atoms with Crippen molar-refractivity contribution in [2.75, 3.05) is 0 Å². The lowest BCUT2D eigenvalue weighted by Crippen LogP contribution is -2.02. The lowest BCUT2D eigenvalue weighted by Gasteiger charge is -2.06. The van der Waals surface area contributed by atoms with Crippen LogP contribution in [0.4, 0.5) is 0 Å². The summed E-state index contributed by atoms with van der Waals surface area (Å²) < 4.78 is 4.96. The van der Waals surface area contributed by atoms with Crippen LogP contribution in [0.25, 0.3) is 0 Å². The Balaban J connectivity index is 2.24. The van der Waals surface area contributed by atoms with E-state index in [0.717, 1.165) is 5.56 Å². The fourth-order valence-electron chi connectivity index (χ4n) is 2.03. The molecule has 0 radical (unpaired) electrons. The first-order chi connectivity index (χ1) is 8.99. The zero-order valence-corrected chi connectivity index (χ0v) is 11.3. The molecule has 0 saturated heterocycles. The number of carboxylic acids is 1. The van der Waals surface area contributed by atoms with E-state index >= 15 is 0 Å². The van der Waals surface area contributed by atoms with Gasteiger partial charge in [-0.15, -0.1) is 0 Å². The van der Waals surface area contributed by atoms with Crippen molar-refractivity contribution in [1.29, 1.82) is 0 Å². The monoisotopic (exact) mass is 259 g/mol. The molecule has 1 aromatic carbocycles. The molecule has 0 spiro atoms. The SMILES string of the molecule is Cc1onc(Cc2ccc(C(C)C)cc2)c1C(=O)O. The van der Waals surface area contributed by atoms with Crippen molar-refractivity contribution < 1.29 is 14.4 Å². The molecule has 2 rings (SSSR count). The molecular formula is C15H17NO3. The second kappa shape index (κ2) is 5.26. The topological polar surface area (TPSA) is 63.3 Å². The number of aryl methyl sites for hydroxylation is 1. The van der Waals surface area contributed by atoms with Crippen LogP contribution in [0, 0.1) is 6.92 Å². The molecule has 19 heavy (non-hydrogen) atoms. The number of aromatic nitrogens is 1. The summed E-state index contributed by atoms with van der Waals surface area (Å²) in [6, 6.07) is 8.14. The molecule has 1 heterocycles. The molecule has 4 nitrogen and oxygen atoms in total. The predicted molar refractivity (Wildman–Crippen MR) is 71.5 cm³/mol. The average Bonchev–Trinajstić information content (AvgIpc) is 2.71. The van der Waals surface area contributed by atoms with E-state index in [2.05, 4.69) is 31.1 Å². The highest BCUT2D eigenvalue weighted by atomic mass is 16.5. The van der Waals surface area contributed by atoms with Gasteiger partial charge in [-0.2, -0.15) is 0 Å². The van der Waals surface area contributed by atoms with Crippen molar-refractivity contribution in [3.05, 3.63) is 52.4 Å². The van der Waals surface area contributed by atoms with Gasteiger partial charge in [0.05, 0.1) is 0 Å². The molecule has 0 fully saturated rings. The second-order valence-corrected chi connectivity index (χ2v) is 4.94. The van der Waals surface area contributed by atoms with E-state index in [1.54, 1.807) is 6.92 Å². The summed E-state index contributed by atoms with van der Waals surface area (Å²) in [6.45, 7) is 5.89. The van der Waals surface area contributed by atoms with Crippen molar-refractivity contribution in [2.45, 2.75) is 33.1 Å². The Kier molecular flexibility index (Phi) is 3.69. The first-order valence-corrected chi connectivity index (χ1v) is 6.26. The van der Waals surface area contributed by atoms with Gasteiger partial charge in [-0.25, -0.2) is 4.79 Å². The molecular weight excluding hydrogens is 242 g/mol. The normalized spacial score (nSPS) is 10.9. The van der Waals surface area contributed by atoms with Crippen LogP contribution in [0.3, 0.4) is 0 Å². The largest absolute Gasteiger partial charge is 0.477 e. The first kappa shape index (κ1) is 13.3. The van der Waals surface area contributed by atoms with Crippen molar-refractivity contribution in [1.82, 2.24) is 5.16 Å². The van der Waals surface area contributed by atoms with E-state index in [-0.39, 0.29) is 5.56 Å². The molecule has 100 valence electrons. The Morgan fingerprint density at radius 2 is 1.95 bits per heavy atom. The Labute approximate surface area is 112 Å². The summed E-state index contributed by atoms with van der Waals surface area (Å²) in [5, 5.41) is 13.0. The van der Waals surface area contributed by atoms with Crippen LogP contribution in [0.2, 0.25) is 0 Å². The molecule has 4 heteroatoms. The minimum atomic E-state index is -0.993. The zero-order valence-electron chi connectivity index (χ0n) is 11.3. The number of hydrogen-bond donors (Lipinski definition) is 1. The summed E-state index contributed by atoms with van der Waals surface area (Å²) in [7, 11) is 0. The summed E-state index contributed by atoms with van der Waals surface area (Å²) >= 11 is 0. The van der Waals surface area contributed by atoms with Gasteiger partial charge in [-0.3, -0.25) is 0 Å². The van der Waals surface area contributed by atoms with Crippen LogP contribution in [0.1, 0.15) is 52.7 Å². The maximum atomic E-state index is 11.1. The molecule has 0 aliphatic heterocycles. The molecule has 0 bridgehead atoms. The molecule has 2 aromatic rings. The van der Waals surface area contributed by atoms with Crippen LogP contribution in [-0.2, 0) is 6.42 Å². The predicted octanol–water partition coefficient (Wildman–Crippen LogP) is 3.40. The van der Waals surface area contributed by atoms with Gasteiger partial charge in [-0.05, 0) is 24.0 Å². The van der Waals surface area contributed by atoms with Crippen molar-refractivity contribution in [3.8, 4) is 0 Å². The Morgan fingerprint density at radius 1 is 1.32 bits per heavy atom. The Bertz CT molecular complexity index is 582. The number of rotatable bonds is 4. The highest BCUT2D eigenvalue weighted by Gasteiger charge is 2.19. The lowest BCUT2D eigenvalue weighted by atomic mass is 9.99. The molecule has 0 atom stereocenters. The first-order valence-electron chi connectivity index (χ1n) is 6.26. The quantitative estimate of drug-likeness (QED) is 0.914. The summed E-state index contributed by atoms with van der Waals surface area (Å²) in [4.78, 5) is 11.1. The molecule has 0 amide bonds. The van der Waals surface area contributed by atoms with E-state index in [4.69, 9.17) is 9.63 Å². The maximum absolute atomic E-state index is 11.1. The van der Waals surface area contributed by atoms with E-state index in [0.29, 0.717) is 23.8 Å². The lowest BCUT2D eigenvalue weighted by molar-refractivity contribution is 0.0694. The van der Waals surface area contributed by atoms with Gasteiger partial charge in [0.1, 0.15) is 17.0 Å². The van der Waals surface area contributed by atoms with Crippen molar-refractivity contribution >= 4 is 5.97 Å². The molecule has 1 aromatic heterocycles. The van der Waals surface area contributed by atoms with Gasteiger partial charge in [0.25, 0.3) is 0 Å². The Hall–Kier alpha value is -2.10. The van der Waals surface area contributed by atoms with Gasteiger partial charge in [0.2, 0.25) is 0 Å². The smallest absolute Gasteiger partial charge is 0.341 e. The minimum absolute atomic E-state index is 0.174. The van der Waals surface area contributed by atoms with E-state index in [1.165, 1.54) is 5.56 Å². The third-order valence-electron chi connectivity index (χ3n) is 3.17. The fourth-order valence-corrected chi connectivity index (χ4v) is 2.03. The van der Waals surface area contributed by atoms with Crippen LogP contribution in [0.15, 0.2) is 28.8 Å². The fraction of sp³-hybridized carbons (Fsp3) is 0.333. The number of nitrogens with zero attached hydrogens (tertiary/aromatic N) is 1. The number of benzene rings is 1. The number of carbonyl (C=O) groups is 1. The van der Waals surface area contributed by atoms with Crippen LogP contribution < -0.4 is 0 Å². The van der Waals surface area contributed by atoms with Gasteiger partial charge < -0.3 is 9.63 Å². The van der Waals surface area contributed by atoms with Crippen LogP contribution in [-0.4, -0.2) is 16.2 Å². The summed E-state index contributed by atoms with van der Waals surface area (Å²) in [5.74, 6) is -0.160. The third kappa shape index (κ3) is 2.84. The van der Waals surface area contributed by atoms with E-state index < -0.39 is 5.97 Å². The molecule has 1 N–H and O–H groups in total. The minimum Gasteiger partial charge on any atom is -0.477 e. The summed E-state index contributed by atoms with van der Waals surface area (Å²) in [6.07, 6.45) is 0.470. The maximum Gasteiger partial charge on any atom is 0.341 e. The van der Waals surface area contributed by atoms with Gasteiger partial charge >= 0.3 is 5.97 Å². The van der Waals surface area contributed by atoms with Gasteiger partial charge in [-0.1, -0.05) is 43.3 Å². The average molecular weight is 259 g/mol. The Morgan fingerprint density at radius 3 is 2.47 bits per heavy atom. The third-order valence-corrected chi connectivity index (χ3v) is 3.17. The van der Waals surface area contributed by atoms with Crippen molar-refractivity contribution in [3.63, 3.8) is 0 Å². The highest BCUT2D eigenvalue weighted by molar-refractivity contribution is 5.89. The van der Waals surface area contributed by atoms with E-state index in [1.807, 2.05) is 12.1 Å². The standard InChI is InChI=1S/C15H17NO3/c1-9(2)12-6-4-11(5-7-12)8-13-14(15(17)18)10(3)19-16-13/h4-7,9H,8H2,1-3H3,(H,17,18). The molecule has 0 unspecified atom stereocenters. The zero-order chi connectivity index (χ0) is 14.0. The number of hydrogen-bond acceptors (Lipinski definition) is 3. The van der Waals surface area contributed by atoms with E-state index in [9.17, 15) is 4.79 Å². The van der Waals surface area contributed by atoms with Gasteiger partial charge in [0.15, 0.2) is 0 Å². The molecule has 0 aliphatic rings. The molecule has 0 aliphatic carbocycles. The van der Waals surface area contributed by atoms with Crippen molar-refractivity contribution in [2.24, 2.45) is 0 Å². The molecule has 0 saturated carbocycles. The second-order valence-electron chi connectivity index (χ2n) is 4.94.